The van der Waals surface area contributed by atoms with Crippen LogP contribution < -0.4 is 5.19 Å². The summed E-state index contributed by atoms with van der Waals surface area (Å²) in [6.45, 7) is 7.54. The minimum Gasteiger partial charge on any atom is -0.398 e. The van der Waals surface area contributed by atoms with Crippen LogP contribution in [0.5, 0.6) is 0 Å². The molecule has 0 saturated heterocycles. The zero-order chi connectivity index (χ0) is 21.5. The molecule has 0 heterocycles. The first-order valence-corrected chi connectivity index (χ1v) is 15.7. The van der Waals surface area contributed by atoms with Gasteiger partial charge in [-0.05, 0) is 18.8 Å². The highest BCUT2D eigenvalue weighted by molar-refractivity contribution is 6.90. The Balaban J connectivity index is 3.48. The maximum Gasteiger partial charge on any atom is 0.520 e. The lowest BCUT2D eigenvalue weighted by Gasteiger charge is -2.39. The van der Waals surface area contributed by atoms with Crippen molar-refractivity contribution in [1.29, 1.82) is 1.23 Å². The van der Waals surface area contributed by atoms with Crippen molar-refractivity contribution in [3.8, 4) is 0 Å². The normalized spacial score (nSPS) is 17.7. The molecule has 1 rings (SSSR count). The van der Waals surface area contributed by atoms with Crippen molar-refractivity contribution >= 4 is 40.8 Å². The Bertz CT molecular complexity index is 621. The summed E-state index contributed by atoms with van der Waals surface area (Å²) in [6, 6.07) is 9.25. The Morgan fingerprint density at radius 1 is 0.926 bits per heavy atom. The van der Waals surface area contributed by atoms with Crippen LogP contribution >= 0.6 is 0 Å². The van der Waals surface area contributed by atoms with E-state index in [-0.39, 0.29) is 0 Å². The van der Waals surface area contributed by atoms with Gasteiger partial charge in [0.2, 0.25) is 0 Å². The summed E-state index contributed by atoms with van der Waals surface area (Å²) in [4.78, 5) is 0. The molecule has 0 amide bonds. The van der Waals surface area contributed by atoms with Crippen molar-refractivity contribution in [3.63, 3.8) is 0 Å². The summed E-state index contributed by atoms with van der Waals surface area (Å²) >= 11 is 0. The van der Waals surface area contributed by atoms with Gasteiger partial charge in [0.15, 0.2) is 0 Å². The quantitative estimate of drug-likeness (QED) is 0.414. The van der Waals surface area contributed by atoms with E-state index in [2.05, 4.69) is 6.58 Å². The van der Waals surface area contributed by atoms with E-state index in [0.29, 0.717) is 5.19 Å². The molecular weight excluding hydrogens is 421 g/mol. The molecule has 0 aliphatic rings. The average Bonchev–Trinajstić information content (AvgIpc) is 2.73. The lowest BCUT2D eigenvalue weighted by molar-refractivity contribution is 0.106. The molecule has 0 fully saturated rings. The molecular formula is C15H30O8Si4. The molecule has 0 aromatic heterocycles. The monoisotopic (exact) mass is 451 g/mol. The lowest BCUT2D eigenvalue weighted by Crippen LogP contribution is -2.68. The van der Waals surface area contributed by atoms with Gasteiger partial charge in [-0.1, -0.05) is 36.9 Å². The van der Waals surface area contributed by atoms with Crippen molar-refractivity contribution in [1.82, 2.24) is 0 Å². The number of rotatable bonds is 13. The molecule has 1 aromatic carbocycles. The first-order valence-electron chi connectivity index (χ1n) is 8.64. The van der Waals surface area contributed by atoms with E-state index < -0.39 is 35.6 Å². The van der Waals surface area contributed by atoms with Gasteiger partial charge >= 0.3 is 35.6 Å². The van der Waals surface area contributed by atoms with Gasteiger partial charge in [0.1, 0.15) is 1.23 Å². The van der Waals surface area contributed by atoms with Crippen LogP contribution in [-0.4, -0.2) is 72.4 Å². The molecule has 1 aromatic rings. The zero-order valence-corrected chi connectivity index (χ0v) is 20.9. The van der Waals surface area contributed by atoms with Crippen molar-refractivity contribution in [2.24, 2.45) is 0 Å². The molecule has 0 bridgehead atoms. The molecule has 27 heavy (non-hydrogen) atoms. The average molecular weight is 452 g/mol. The smallest absolute Gasteiger partial charge is 0.398 e. The van der Waals surface area contributed by atoms with Crippen LogP contribution in [0.15, 0.2) is 42.6 Å². The fourth-order valence-corrected chi connectivity index (χ4v) is 13.3. The van der Waals surface area contributed by atoms with Crippen molar-refractivity contribution in [3.05, 3.63) is 42.6 Å². The van der Waals surface area contributed by atoms with E-state index in [1.807, 2.05) is 43.4 Å². The highest BCUT2D eigenvalue weighted by Gasteiger charge is 2.56. The van der Waals surface area contributed by atoms with Crippen LogP contribution in [0, 0.1) is 0 Å². The van der Waals surface area contributed by atoms with Crippen molar-refractivity contribution in [2.75, 3.05) is 35.5 Å². The van der Waals surface area contributed by atoms with Gasteiger partial charge in [0, 0.05) is 40.7 Å². The molecule has 0 N–H and O–H groups in total. The van der Waals surface area contributed by atoms with E-state index in [1.54, 1.807) is 7.11 Å². The van der Waals surface area contributed by atoms with E-state index in [0.717, 1.165) is 0 Å². The zero-order valence-electron chi connectivity index (χ0n) is 17.9. The maximum absolute atomic E-state index is 8.28. The third-order valence-corrected chi connectivity index (χ3v) is 15.0. The van der Waals surface area contributed by atoms with Gasteiger partial charge in [-0.2, -0.15) is 0 Å². The fraction of sp³-hybridized carbons (Fsp3) is 0.467. The maximum atomic E-state index is 8.28. The third kappa shape index (κ3) is 6.52. The van der Waals surface area contributed by atoms with Crippen LogP contribution in [0.4, 0.5) is 0 Å². The first-order chi connectivity index (χ1) is 13.1. The van der Waals surface area contributed by atoms with Gasteiger partial charge in [0.05, 0.1) is 0 Å². The lowest BCUT2D eigenvalue weighted by atomic mass is 10.4. The van der Waals surface area contributed by atoms with Gasteiger partial charge < -0.3 is 34.5 Å². The highest BCUT2D eigenvalue weighted by atomic mass is 28.5. The second-order valence-electron chi connectivity index (χ2n) is 5.71. The summed E-state index contributed by atoms with van der Waals surface area (Å²) < 4.78 is 54.1. The summed E-state index contributed by atoms with van der Waals surface area (Å²) in [5, 5.41) is 0.696. The van der Waals surface area contributed by atoms with Crippen LogP contribution in [-0.2, 0) is 34.5 Å². The Hall–Kier alpha value is -0.492. The summed E-state index contributed by atoms with van der Waals surface area (Å²) in [6.07, 6.45) is 0. The summed E-state index contributed by atoms with van der Waals surface area (Å²) in [5.74, 6) is 0. The Labute approximate surface area is 168 Å². The largest absolute Gasteiger partial charge is 0.520 e. The van der Waals surface area contributed by atoms with E-state index >= 15 is 0 Å². The predicted molar refractivity (Wildman–Crippen MR) is 111 cm³/mol. The Morgan fingerprint density at radius 3 is 1.93 bits per heavy atom. The van der Waals surface area contributed by atoms with Gasteiger partial charge in [-0.15, -0.1) is 0 Å². The number of benzene rings is 1. The number of hydrogen-bond acceptors (Lipinski definition) is 8. The molecule has 0 aliphatic heterocycles. The molecule has 2 atom stereocenters. The van der Waals surface area contributed by atoms with E-state index in [9.17, 15) is 0 Å². The van der Waals surface area contributed by atoms with Crippen LogP contribution in [0.25, 0.3) is 0 Å². The first kappa shape index (κ1) is 22.8. The number of hydrogen-bond donors (Lipinski definition) is 0. The van der Waals surface area contributed by atoms with E-state index in [1.165, 1.54) is 34.1 Å². The molecule has 0 spiro atoms. The molecule has 8 nitrogen and oxygen atoms in total. The van der Waals surface area contributed by atoms with Gasteiger partial charge in [0.25, 0.3) is 0 Å². The minimum absolute atomic E-state index is 0.696. The molecule has 0 aliphatic carbocycles. The highest BCUT2D eigenvalue weighted by Crippen LogP contribution is 2.24. The van der Waals surface area contributed by atoms with Crippen molar-refractivity contribution in [2.45, 2.75) is 13.1 Å². The van der Waals surface area contributed by atoms with E-state index in [4.69, 9.17) is 35.7 Å². The summed E-state index contributed by atoms with van der Waals surface area (Å²) in [7, 11) is -6.56. The van der Waals surface area contributed by atoms with Crippen LogP contribution in [0.1, 0.15) is 0 Å². The third-order valence-electron chi connectivity index (χ3n) is 3.64. The fourth-order valence-electron chi connectivity index (χ4n) is 2.09. The van der Waals surface area contributed by atoms with Crippen LogP contribution in [0.2, 0.25) is 13.1 Å². The van der Waals surface area contributed by atoms with Crippen molar-refractivity contribution < 1.29 is 34.5 Å². The Kier molecular flexibility index (Phi) is 9.19. The second kappa shape index (κ2) is 10.9. The standard InChI is InChI=1S/C15H30O8Si4/c1-9-26(19-5,21-24(16-2)17-3)23-27(20-6,22-25(7,8)18-4)15-13-11-10-12-14-15/h9-14,24H,1H2,2-8H3/i24D. The SMILES string of the molecule is [2H][Si](OC)(OC)O[Si](C=C)(OC)O[Si](OC)(O[Si](C)(C)OC)c1ccccc1. The topological polar surface area (TPSA) is 73.8 Å². The molecule has 0 radical (unpaired) electrons. The van der Waals surface area contributed by atoms with Crippen LogP contribution in [0.3, 0.4) is 0 Å². The molecule has 0 saturated carbocycles. The van der Waals surface area contributed by atoms with Gasteiger partial charge in [-0.3, -0.25) is 0 Å². The Morgan fingerprint density at radius 2 is 1.52 bits per heavy atom. The molecule has 12 heteroatoms. The minimum atomic E-state index is -3.77. The van der Waals surface area contributed by atoms with Gasteiger partial charge in [-0.25, -0.2) is 0 Å². The summed E-state index contributed by atoms with van der Waals surface area (Å²) in [5.41, 5.74) is 1.40. The molecule has 154 valence electrons. The second-order valence-corrected chi connectivity index (χ2v) is 16.8. The molecule has 2 unspecified atom stereocenters. The predicted octanol–water partition coefficient (Wildman–Crippen LogP) is 1.20.